The second kappa shape index (κ2) is 9.21. The zero-order valence-electron chi connectivity index (χ0n) is 17.2. The largest absolute Gasteiger partial charge is 0.443 e. The van der Waals surface area contributed by atoms with Crippen LogP contribution in [0, 0.1) is 0 Å². The molecule has 1 rings (SSSR count). The summed E-state index contributed by atoms with van der Waals surface area (Å²) >= 11 is 0. The Morgan fingerprint density at radius 1 is 1.16 bits per heavy atom. The lowest BCUT2D eigenvalue weighted by Crippen LogP contribution is -2.52. The van der Waals surface area contributed by atoms with Crippen molar-refractivity contribution in [2.24, 2.45) is 0 Å². The van der Waals surface area contributed by atoms with Gasteiger partial charge < -0.3 is 9.47 Å². The number of carbonyl (C=O) groups is 2. The maximum absolute atomic E-state index is 13.6. The van der Waals surface area contributed by atoms with Gasteiger partial charge in [-0.2, -0.15) is 30.4 Å². The summed E-state index contributed by atoms with van der Waals surface area (Å²) in [6.45, 7) is 4.79. The molecule has 8 nitrogen and oxygen atoms in total. The maximum atomic E-state index is 13.6. The molecule has 0 aromatic heterocycles. The monoisotopic (exact) mass is 487 g/mol. The van der Waals surface area contributed by atoms with Crippen LogP contribution in [0.15, 0.2) is 18.2 Å². The Kier molecular flexibility index (Phi) is 7.95. The van der Waals surface area contributed by atoms with Crippen LogP contribution in [-0.2, 0) is 25.9 Å². The number of benzene rings is 1. The van der Waals surface area contributed by atoms with Gasteiger partial charge in [-0.05, 0) is 44.5 Å². The van der Waals surface area contributed by atoms with Crippen molar-refractivity contribution in [1.82, 2.24) is 0 Å². The van der Waals surface area contributed by atoms with E-state index < -0.39 is 50.9 Å². The van der Waals surface area contributed by atoms with Gasteiger partial charge in [0.25, 0.3) is 6.10 Å². The van der Waals surface area contributed by atoms with Crippen molar-refractivity contribution in [3.05, 3.63) is 29.3 Å². The number of alkyl halides is 5. The highest BCUT2D eigenvalue weighted by molar-refractivity contribution is 7.86. The highest BCUT2D eigenvalue weighted by Crippen LogP contribution is 2.38. The van der Waals surface area contributed by atoms with Crippen LogP contribution in [0.3, 0.4) is 0 Å². The van der Waals surface area contributed by atoms with E-state index in [0.29, 0.717) is 0 Å². The number of ether oxygens (including phenoxy) is 2. The molecule has 178 valence electrons. The first kappa shape index (κ1) is 27.6. The Balaban J connectivity index is 3.29. The molecule has 15 heteroatoms. The Morgan fingerprint density at radius 2 is 1.69 bits per heavy atom. The van der Waals surface area contributed by atoms with Crippen molar-refractivity contribution in [1.29, 1.82) is 0 Å². The minimum Gasteiger partial charge on any atom is -0.443 e. The fourth-order valence-electron chi connectivity index (χ4n) is 2.27. The van der Waals surface area contributed by atoms with E-state index in [1.165, 1.54) is 7.05 Å². The first-order valence-electron chi connectivity index (χ1n) is 8.64. The van der Waals surface area contributed by atoms with Crippen molar-refractivity contribution in [2.45, 2.75) is 50.2 Å². The molecule has 0 saturated carbocycles. The molecule has 1 N–H and O–H groups in total. The minimum atomic E-state index is -6.58. The first-order chi connectivity index (χ1) is 14.2. The summed E-state index contributed by atoms with van der Waals surface area (Å²) < 4.78 is 105. The number of esters is 1. The number of carbonyl (C=O) groups excluding carboxylic acids is 2. The average Bonchev–Trinajstić information content (AvgIpc) is 2.61. The van der Waals surface area contributed by atoms with Crippen LogP contribution in [0.5, 0.6) is 0 Å². The molecule has 0 aliphatic heterocycles. The van der Waals surface area contributed by atoms with E-state index >= 15 is 0 Å². The lowest BCUT2D eigenvalue weighted by atomic mass is 9.93. The molecule has 1 amide bonds. The number of rotatable bonds is 6. The van der Waals surface area contributed by atoms with Crippen molar-refractivity contribution in [3.8, 4) is 0 Å². The third-order valence-electron chi connectivity index (χ3n) is 3.74. The van der Waals surface area contributed by atoms with Crippen LogP contribution in [0.4, 0.5) is 32.4 Å². The minimum absolute atomic E-state index is 0.0258. The second-order valence-electron chi connectivity index (χ2n) is 7.45. The third kappa shape index (κ3) is 6.54. The number of halogens is 5. The Hall–Kier alpha value is -2.42. The van der Waals surface area contributed by atoms with Crippen LogP contribution in [0.25, 0.3) is 0 Å². The van der Waals surface area contributed by atoms with Crippen LogP contribution >= 0.6 is 0 Å². The van der Waals surface area contributed by atoms with E-state index in [4.69, 9.17) is 17.1 Å². The van der Waals surface area contributed by atoms with E-state index in [1.54, 1.807) is 20.8 Å². The fraction of sp³-hybridized carbons (Fsp3) is 0.529. The molecule has 2 radical (unpaired) electrons. The predicted octanol–water partition coefficient (Wildman–Crippen LogP) is 3.29. The summed E-state index contributed by atoms with van der Waals surface area (Å²) in [7, 11) is 0.247. The standard InChI is InChI=1S/C17H19BF5NO7S/c1-15(2,3)31-14(26)24(4)11-6-5-9(7-10(11)8-18)12(25)30-13(16(19,20)21)17(22,23)32(27,28)29/h5-7,13H,8H2,1-4H3,(H,27,28,29). The lowest BCUT2D eigenvalue weighted by Gasteiger charge is -2.27. The van der Waals surface area contributed by atoms with Gasteiger partial charge in [-0.3, -0.25) is 9.45 Å². The zero-order valence-corrected chi connectivity index (χ0v) is 18.1. The smallest absolute Gasteiger partial charge is 0.432 e. The topological polar surface area (TPSA) is 110 Å². The Bertz CT molecular complexity index is 976. The molecule has 32 heavy (non-hydrogen) atoms. The van der Waals surface area contributed by atoms with Gasteiger partial charge in [0, 0.05) is 12.7 Å². The van der Waals surface area contributed by atoms with E-state index in [-0.39, 0.29) is 17.6 Å². The number of anilines is 1. The van der Waals surface area contributed by atoms with Crippen LogP contribution in [-0.4, -0.2) is 63.1 Å². The average molecular weight is 487 g/mol. The molecule has 0 aliphatic rings. The first-order valence-corrected chi connectivity index (χ1v) is 10.1. The highest BCUT2D eigenvalue weighted by atomic mass is 32.2. The Labute approximate surface area is 181 Å². The van der Waals surface area contributed by atoms with E-state index in [9.17, 15) is 40.0 Å². The molecular formula is C17H19BF5NO7S. The third-order valence-corrected chi connectivity index (χ3v) is 4.64. The number of hydrogen-bond donors (Lipinski definition) is 1. The van der Waals surface area contributed by atoms with Crippen LogP contribution < -0.4 is 4.90 Å². The molecule has 0 bridgehead atoms. The number of hydrogen-bond acceptors (Lipinski definition) is 6. The summed E-state index contributed by atoms with van der Waals surface area (Å²) in [5.41, 5.74) is -1.44. The molecule has 1 unspecified atom stereocenters. The number of amides is 1. The molecule has 0 fully saturated rings. The van der Waals surface area contributed by atoms with Gasteiger partial charge in [-0.25, -0.2) is 9.59 Å². The van der Waals surface area contributed by atoms with E-state index in [0.717, 1.165) is 23.1 Å². The summed E-state index contributed by atoms with van der Waals surface area (Å²) in [5, 5.41) is -5.87. The summed E-state index contributed by atoms with van der Waals surface area (Å²) in [5.74, 6) is -1.98. The van der Waals surface area contributed by atoms with Gasteiger partial charge in [0.2, 0.25) is 0 Å². The predicted molar refractivity (Wildman–Crippen MR) is 102 cm³/mol. The van der Waals surface area contributed by atoms with E-state index in [2.05, 4.69) is 4.74 Å². The fourth-order valence-corrected chi connectivity index (χ4v) is 2.72. The van der Waals surface area contributed by atoms with Gasteiger partial charge in [0.05, 0.1) is 13.4 Å². The van der Waals surface area contributed by atoms with Gasteiger partial charge >= 0.3 is 33.6 Å². The lowest BCUT2D eigenvalue weighted by molar-refractivity contribution is -0.248. The summed E-state index contributed by atoms with van der Waals surface area (Å²) in [6.07, 6.45) is -11.7. The Morgan fingerprint density at radius 3 is 2.09 bits per heavy atom. The van der Waals surface area contributed by atoms with Gasteiger partial charge in [0.1, 0.15) is 5.60 Å². The van der Waals surface area contributed by atoms with Crippen LogP contribution in [0.1, 0.15) is 36.7 Å². The molecule has 1 atom stereocenters. The summed E-state index contributed by atoms with van der Waals surface area (Å²) in [4.78, 5) is 25.3. The molecule has 1 aromatic carbocycles. The van der Waals surface area contributed by atoms with Gasteiger partial charge in [-0.15, -0.1) is 0 Å². The molecule has 0 heterocycles. The molecule has 0 spiro atoms. The highest BCUT2D eigenvalue weighted by Gasteiger charge is 2.66. The van der Waals surface area contributed by atoms with Crippen molar-refractivity contribution in [3.63, 3.8) is 0 Å². The summed E-state index contributed by atoms with van der Waals surface area (Å²) in [6, 6.07) is 2.79. The molecular weight excluding hydrogens is 468 g/mol. The van der Waals surface area contributed by atoms with Gasteiger partial charge in [0.15, 0.2) is 0 Å². The molecule has 1 aromatic rings. The van der Waals surface area contributed by atoms with Crippen LogP contribution in [0.2, 0.25) is 0 Å². The molecule has 0 saturated heterocycles. The van der Waals surface area contributed by atoms with Gasteiger partial charge in [-0.1, -0.05) is 6.32 Å². The zero-order chi connectivity index (χ0) is 25.3. The van der Waals surface area contributed by atoms with Crippen molar-refractivity contribution >= 4 is 35.7 Å². The second-order valence-corrected chi connectivity index (χ2v) is 8.95. The van der Waals surface area contributed by atoms with Crippen molar-refractivity contribution in [2.75, 3.05) is 11.9 Å². The maximum Gasteiger partial charge on any atom is 0.432 e. The normalized spacial score (nSPS) is 13.9. The quantitative estimate of drug-likeness (QED) is 0.284. The molecule has 0 aliphatic carbocycles. The number of nitrogens with zero attached hydrogens (tertiary/aromatic N) is 1. The van der Waals surface area contributed by atoms with E-state index in [1.807, 2.05) is 0 Å². The SMILES string of the molecule is [B]Cc1cc(C(=O)OC(C(F)(F)F)C(F)(F)S(=O)(=O)O)ccc1N(C)C(=O)OC(C)(C)C. The van der Waals surface area contributed by atoms with Crippen molar-refractivity contribution < 1.29 is 54.0 Å².